The van der Waals surface area contributed by atoms with Gasteiger partial charge in [-0.05, 0) is 37.9 Å². The molecular weight excluding hydrogens is 367 g/mol. The van der Waals surface area contributed by atoms with Gasteiger partial charge in [0.1, 0.15) is 5.65 Å². The van der Waals surface area contributed by atoms with Crippen molar-refractivity contribution >= 4 is 48.1 Å². The van der Waals surface area contributed by atoms with E-state index in [4.69, 9.17) is 0 Å². The molecule has 0 spiro atoms. The molecule has 1 aliphatic heterocycles. The Labute approximate surface area is 159 Å². The Morgan fingerprint density at radius 1 is 1.42 bits per heavy atom. The molecule has 1 fully saturated rings. The Hall–Kier alpha value is -0.950. The largest absolute Gasteiger partial charge is 0.354 e. The van der Waals surface area contributed by atoms with Crippen molar-refractivity contribution < 1.29 is 4.79 Å². The normalized spacial score (nSPS) is 16.5. The van der Waals surface area contributed by atoms with E-state index < -0.39 is 0 Å². The number of hydrogen-bond donors (Lipinski definition) is 2. The molecule has 2 aromatic heterocycles. The van der Waals surface area contributed by atoms with Crippen LogP contribution in [0.25, 0.3) is 5.65 Å². The highest BCUT2D eigenvalue weighted by molar-refractivity contribution is 7.99. The van der Waals surface area contributed by atoms with Crippen molar-refractivity contribution in [3.63, 3.8) is 0 Å². The van der Waals surface area contributed by atoms with Gasteiger partial charge in [0.05, 0.1) is 11.4 Å². The molecule has 8 heteroatoms. The van der Waals surface area contributed by atoms with E-state index in [1.54, 1.807) is 11.8 Å². The maximum atomic E-state index is 11.8. The molecule has 1 atom stereocenters. The average Bonchev–Trinajstić information content (AvgIpc) is 3.13. The summed E-state index contributed by atoms with van der Waals surface area (Å²) in [6, 6.07) is 4.53. The molecule has 0 aliphatic carbocycles. The Bertz CT molecular complexity index is 659. The summed E-state index contributed by atoms with van der Waals surface area (Å²) in [7, 11) is 0. The number of pyridine rings is 1. The van der Waals surface area contributed by atoms with Gasteiger partial charge >= 0.3 is 0 Å². The fourth-order valence-corrected chi connectivity index (χ4v) is 3.43. The molecule has 1 saturated heterocycles. The molecule has 5 nitrogen and oxygen atoms in total. The predicted molar refractivity (Wildman–Crippen MR) is 105 cm³/mol. The monoisotopic (exact) mass is 390 g/mol. The number of rotatable bonds is 6. The SMILES string of the molecule is Cc1ccc2nc(CSCC(=O)NCC3CCCN3)cn2c1.Cl.Cl. The summed E-state index contributed by atoms with van der Waals surface area (Å²) in [5, 5.41) is 6.38. The van der Waals surface area contributed by atoms with Gasteiger partial charge in [-0.3, -0.25) is 4.79 Å². The first kappa shape index (κ1) is 21.1. The number of carbonyl (C=O) groups excluding carboxylic acids is 1. The molecule has 134 valence electrons. The number of carbonyl (C=O) groups is 1. The molecule has 1 unspecified atom stereocenters. The molecule has 2 N–H and O–H groups in total. The van der Waals surface area contributed by atoms with Gasteiger partial charge in [-0.1, -0.05) is 6.07 Å². The fourth-order valence-electron chi connectivity index (χ4n) is 2.69. The van der Waals surface area contributed by atoms with E-state index in [2.05, 4.69) is 34.8 Å². The van der Waals surface area contributed by atoms with Crippen molar-refractivity contribution in [2.45, 2.75) is 31.6 Å². The number of halogens is 2. The quantitative estimate of drug-likeness (QED) is 0.795. The zero-order chi connectivity index (χ0) is 15.4. The number of nitrogens with zero attached hydrogens (tertiary/aromatic N) is 2. The van der Waals surface area contributed by atoms with E-state index in [9.17, 15) is 4.79 Å². The van der Waals surface area contributed by atoms with Crippen LogP contribution in [0.2, 0.25) is 0 Å². The van der Waals surface area contributed by atoms with Gasteiger partial charge in [0, 0.05) is 30.7 Å². The maximum Gasteiger partial charge on any atom is 0.230 e. The van der Waals surface area contributed by atoms with Crippen LogP contribution in [-0.2, 0) is 10.5 Å². The Morgan fingerprint density at radius 3 is 3.00 bits per heavy atom. The fraction of sp³-hybridized carbons (Fsp3) is 0.500. The minimum Gasteiger partial charge on any atom is -0.354 e. The summed E-state index contributed by atoms with van der Waals surface area (Å²) in [5.41, 5.74) is 3.18. The van der Waals surface area contributed by atoms with Gasteiger partial charge in [-0.15, -0.1) is 36.6 Å². The molecule has 2 aromatic rings. The van der Waals surface area contributed by atoms with Crippen molar-refractivity contribution in [2.75, 3.05) is 18.8 Å². The molecule has 3 rings (SSSR count). The standard InChI is InChI=1S/C16H22N4OS.2ClH/c1-12-4-5-15-19-14(9-20(15)8-12)10-22-11-16(21)18-7-13-3-2-6-17-13;;/h4-5,8-9,13,17H,2-3,6-7,10-11H2,1H3,(H,18,21);2*1H. The second-order valence-electron chi connectivity index (χ2n) is 5.79. The first-order chi connectivity index (χ1) is 10.7. The number of aromatic nitrogens is 2. The maximum absolute atomic E-state index is 11.8. The molecule has 24 heavy (non-hydrogen) atoms. The number of imidazole rings is 1. The lowest BCUT2D eigenvalue weighted by atomic mass is 10.2. The highest BCUT2D eigenvalue weighted by Gasteiger charge is 2.14. The molecule has 0 aromatic carbocycles. The van der Waals surface area contributed by atoms with Crippen LogP contribution in [-0.4, -0.2) is 40.2 Å². The third-order valence-electron chi connectivity index (χ3n) is 3.84. The van der Waals surface area contributed by atoms with Crippen LogP contribution in [0.15, 0.2) is 24.5 Å². The second kappa shape index (κ2) is 10.1. The highest BCUT2D eigenvalue weighted by Crippen LogP contribution is 2.13. The number of aryl methyl sites for hydroxylation is 1. The molecule has 0 radical (unpaired) electrons. The predicted octanol–water partition coefficient (Wildman–Crippen LogP) is 2.59. The smallest absolute Gasteiger partial charge is 0.230 e. The van der Waals surface area contributed by atoms with Gasteiger partial charge in [0.15, 0.2) is 0 Å². The van der Waals surface area contributed by atoms with Crippen LogP contribution in [0.3, 0.4) is 0 Å². The summed E-state index contributed by atoms with van der Waals surface area (Å²) < 4.78 is 2.04. The third-order valence-corrected chi connectivity index (χ3v) is 4.81. The van der Waals surface area contributed by atoms with Crippen molar-refractivity contribution in [1.29, 1.82) is 0 Å². The number of nitrogens with one attached hydrogen (secondary N) is 2. The molecular formula is C16H24Cl2N4OS. The Kier molecular flexibility index (Phi) is 8.91. The first-order valence-corrected chi connectivity index (χ1v) is 8.88. The van der Waals surface area contributed by atoms with E-state index in [1.165, 1.54) is 12.0 Å². The van der Waals surface area contributed by atoms with Crippen LogP contribution in [0.1, 0.15) is 24.1 Å². The summed E-state index contributed by atoms with van der Waals surface area (Å²) in [6.45, 7) is 3.88. The van der Waals surface area contributed by atoms with E-state index in [1.807, 2.05) is 16.7 Å². The lowest BCUT2D eigenvalue weighted by molar-refractivity contribution is -0.118. The topological polar surface area (TPSA) is 58.4 Å². The lowest BCUT2D eigenvalue weighted by Crippen LogP contribution is -2.37. The Morgan fingerprint density at radius 2 is 2.25 bits per heavy atom. The number of thioether (sulfide) groups is 1. The molecule has 0 saturated carbocycles. The summed E-state index contributed by atoms with van der Waals surface area (Å²) >= 11 is 1.61. The van der Waals surface area contributed by atoms with Gasteiger partial charge in [-0.2, -0.15) is 0 Å². The van der Waals surface area contributed by atoms with E-state index >= 15 is 0 Å². The minimum atomic E-state index is 0. The van der Waals surface area contributed by atoms with E-state index in [0.29, 0.717) is 11.8 Å². The van der Waals surface area contributed by atoms with E-state index in [0.717, 1.165) is 36.6 Å². The zero-order valence-electron chi connectivity index (χ0n) is 13.7. The van der Waals surface area contributed by atoms with Crippen molar-refractivity contribution in [3.05, 3.63) is 35.8 Å². The van der Waals surface area contributed by atoms with Crippen LogP contribution in [0.4, 0.5) is 0 Å². The lowest BCUT2D eigenvalue weighted by Gasteiger charge is -2.11. The van der Waals surface area contributed by atoms with Crippen molar-refractivity contribution in [1.82, 2.24) is 20.0 Å². The van der Waals surface area contributed by atoms with Crippen LogP contribution in [0.5, 0.6) is 0 Å². The molecule has 3 heterocycles. The Balaban J connectivity index is 0.00000144. The second-order valence-corrected chi connectivity index (χ2v) is 6.78. The first-order valence-electron chi connectivity index (χ1n) is 7.73. The third kappa shape index (κ3) is 5.84. The van der Waals surface area contributed by atoms with Gasteiger partial charge in [0.2, 0.25) is 5.91 Å². The zero-order valence-corrected chi connectivity index (χ0v) is 16.1. The van der Waals surface area contributed by atoms with Crippen LogP contribution >= 0.6 is 36.6 Å². The van der Waals surface area contributed by atoms with E-state index in [-0.39, 0.29) is 30.7 Å². The summed E-state index contributed by atoms with van der Waals surface area (Å²) in [6.07, 6.45) is 6.48. The summed E-state index contributed by atoms with van der Waals surface area (Å²) in [5.74, 6) is 1.36. The van der Waals surface area contributed by atoms with Gasteiger partial charge in [0.25, 0.3) is 0 Å². The van der Waals surface area contributed by atoms with Crippen molar-refractivity contribution in [2.24, 2.45) is 0 Å². The number of amides is 1. The highest BCUT2D eigenvalue weighted by atomic mass is 35.5. The van der Waals surface area contributed by atoms with Crippen molar-refractivity contribution in [3.8, 4) is 0 Å². The minimum absolute atomic E-state index is 0. The van der Waals surface area contributed by atoms with Crippen LogP contribution in [0, 0.1) is 6.92 Å². The van der Waals surface area contributed by atoms with Gasteiger partial charge < -0.3 is 15.0 Å². The number of hydrogen-bond acceptors (Lipinski definition) is 4. The van der Waals surface area contributed by atoms with Crippen LogP contribution < -0.4 is 10.6 Å². The van der Waals surface area contributed by atoms with Gasteiger partial charge in [-0.25, -0.2) is 4.98 Å². The average molecular weight is 391 g/mol. The summed E-state index contributed by atoms with van der Waals surface area (Å²) in [4.78, 5) is 16.4. The molecule has 1 amide bonds. The molecule has 1 aliphatic rings. The number of fused-ring (bicyclic) bond motifs is 1. The molecule has 0 bridgehead atoms.